The molecule has 1 heterocycles. The van der Waals surface area contributed by atoms with Gasteiger partial charge in [-0.3, -0.25) is 0 Å². The third-order valence-electron chi connectivity index (χ3n) is 3.43. The first-order chi connectivity index (χ1) is 11.5. The van der Waals surface area contributed by atoms with E-state index in [-0.39, 0.29) is 10.6 Å². The van der Waals surface area contributed by atoms with E-state index < -0.39 is 10.0 Å². The predicted molar refractivity (Wildman–Crippen MR) is 90.1 cm³/mol. The zero-order valence-electron chi connectivity index (χ0n) is 12.8. The van der Waals surface area contributed by atoms with Gasteiger partial charge in [0.05, 0.1) is 10.6 Å². The second-order valence-electron chi connectivity index (χ2n) is 5.21. The molecule has 0 saturated heterocycles. The van der Waals surface area contributed by atoms with Crippen molar-refractivity contribution in [2.24, 2.45) is 0 Å². The molecule has 1 aromatic heterocycles. The second kappa shape index (κ2) is 6.18. The Balaban J connectivity index is 2.04. The van der Waals surface area contributed by atoms with Crippen molar-refractivity contribution >= 4 is 10.0 Å². The topological polar surface area (TPSA) is 87.8 Å². The molecule has 0 aliphatic carbocycles. The Morgan fingerprint density at radius 1 is 1.08 bits per heavy atom. The molecule has 120 valence electrons. The maximum atomic E-state index is 12.5. The second-order valence-corrected chi connectivity index (χ2v) is 6.87. The summed E-state index contributed by atoms with van der Waals surface area (Å²) in [6, 6.07) is 19.0. The van der Waals surface area contributed by atoms with Crippen LogP contribution in [0.5, 0.6) is 0 Å². The molecule has 0 aliphatic heterocycles. The van der Waals surface area contributed by atoms with Crippen LogP contribution in [0.4, 0.5) is 0 Å². The van der Waals surface area contributed by atoms with Gasteiger partial charge in [0.15, 0.2) is 5.69 Å². The van der Waals surface area contributed by atoms with Crippen LogP contribution in [0.1, 0.15) is 11.3 Å². The molecule has 0 atom stereocenters. The highest BCUT2D eigenvalue weighted by Crippen LogP contribution is 2.21. The van der Waals surface area contributed by atoms with Gasteiger partial charge < -0.3 is 0 Å². The van der Waals surface area contributed by atoms with E-state index in [1.54, 1.807) is 18.2 Å². The fourth-order valence-electron chi connectivity index (χ4n) is 2.20. The van der Waals surface area contributed by atoms with E-state index in [1.165, 1.54) is 18.2 Å². The Labute approximate surface area is 140 Å². The van der Waals surface area contributed by atoms with Crippen LogP contribution in [-0.4, -0.2) is 18.3 Å². The molecule has 3 aromatic rings. The van der Waals surface area contributed by atoms with Gasteiger partial charge in [0.2, 0.25) is 0 Å². The van der Waals surface area contributed by atoms with E-state index in [9.17, 15) is 8.42 Å². The smallest absolute Gasteiger partial charge is 0.200 e. The number of rotatable bonds is 4. The Morgan fingerprint density at radius 3 is 2.38 bits per heavy atom. The monoisotopic (exact) mass is 338 g/mol. The summed E-state index contributed by atoms with van der Waals surface area (Å²) in [7, 11) is -3.81. The summed E-state index contributed by atoms with van der Waals surface area (Å²) >= 11 is 0. The molecule has 0 spiro atoms. The maximum Gasteiger partial charge on any atom is 0.276 e. The van der Waals surface area contributed by atoms with Crippen LogP contribution < -0.4 is 4.83 Å². The highest BCUT2D eigenvalue weighted by molar-refractivity contribution is 7.92. The van der Waals surface area contributed by atoms with Crippen molar-refractivity contribution in [2.75, 3.05) is 4.83 Å². The molecule has 0 bridgehead atoms. The minimum Gasteiger partial charge on any atom is -0.200 e. The van der Waals surface area contributed by atoms with Gasteiger partial charge in [0, 0.05) is 11.6 Å². The molecule has 0 saturated carbocycles. The number of hydrogen-bond donors (Lipinski definition) is 1. The first-order valence-corrected chi connectivity index (χ1v) is 8.63. The van der Waals surface area contributed by atoms with Crippen molar-refractivity contribution in [1.29, 1.82) is 5.26 Å². The van der Waals surface area contributed by atoms with Crippen molar-refractivity contribution in [3.63, 3.8) is 0 Å². The van der Waals surface area contributed by atoms with Gasteiger partial charge >= 0.3 is 0 Å². The molecule has 3 rings (SSSR count). The van der Waals surface area contributed by atoms with E-state index >= 15 is 0 Å². The number of nitrogens with one attached hydrogen (secondary N) is 1. The van der Waals surface area contributed by atoms with Crippen LogP contribution in [-0.2, 0) is 10.0 Å². The summed E-state index contributed by atoms with van der Waals surface area (Å²) in [5.74, 6) is 0. The minimum absolute atomic E-state index is 0.119. The number of sulfonamides is 1. The van der Waals surface area contributed by atoms with Crippen LogP contribution in [0.2, 0.25) is 0 Å². The minimum atomic E-state index is -3.81. The highest BCUT2D eigenvalue weighted by Gasteiger charge is 2.18. The Hall–Kier alpha value is -3.11. The molecule has 6 nitrogen and oxygen atoms in total. The third-order valence-corrected chi connectivity index (χ3v) is 4.74. The van der Waals surface area contributed by atoms with E-state index in [2.05, 4.69) is 9.93 Å². The fourth-order valence-corrected chi connectivity index (χ4v) is 3.19. The number of aryl methyl sites for hydroxylation is 1. The fraction of sp³-hybridized carbons (Fsp3) is 0.0588. The van der Waals surface area contributed by atoms with Gasteiger partial charge in [0.1, 0.15) is 6.07 Å². The summed E-state index contributed by atoms with van der Waals surface area (Å²) in [4.78, 5) is 3.63. The van der Waals surface area contributed by atoms with Crippen molar-refractivity contribution < 1.29 is 8.42 Å². The quantitative estimate of drug-likeness (QED) is 0.792. The summed E-state index contributed by atoms with van der Waals surface area (Å²) in [5, 5.41) is 13.1. The average Bonchev–Trinajstić information content (AvgIpc) is 2.98. The highest BCUT2D eigenvalue weighted by atomic mass is 32.2. The number of benzene rings is 2. The summed E-state index contributed by atoms with van der Waals surface area (Å²) in [5.41, 5.74) is 2.45. The lowest BCUT2D eigenvalue weighted by Gasteiger charge is -2.11. The molecular weight excluding hydrogens is 324 g/mol. The van der Waals surface area contributed by atoms with Crippen molar-refractivity contribution in [3.05, 3.63) is 71.9 Å². The largest absolute Gasteiger partial charge is 0.276 e. The molecule has 0 fully saturated rings. The van der Waals surface area contributed by atoms with Crippen LogP contribution in [0.25, 0.3) is 11.3 Å². The first kappa shape index (κ1) is 15.8. The first-order valence-electron chi connectivity index (χ1n) is 7.15. The molecule has 0 unspecified atom stereocenters. The summed E-state index contributed by atoms with van der Waals surface area (Å²) < 4.78 is 25.0. The average molecular weight is 338 g/mol. The normalized spacial score (nSPS) is 11.0. The van der Waals surface area contributed by atoms with Crippen molar-refractivity contribution in [1.82, 2.24) is 9.89 Å². The standard InChI is InChI=1S/C17H14N4O2S/c1-13-7-9-14(10-8-13)17-11-15(12-18)19-21(17)20-24(22,23)16-5-3-2-4-6-16/h2-11,20H,1H3. The number of nitrogens with zero attached hydrogens (tertiary/aromatic N) is 3. The van der Waals surface area contributed by atoms with Gasteiger partial charge in [-0.15, -0.1) is 5.10 Å². The molecule has 0 amide bonds. The van der Waals surface area contributed by atoms with E-state index in [4.69, 9.17) is 5.26 Å². The molecule has 0 radical (unpaired) electrons. The van der Waals surface area contributed by atoms with Crippen molar-refractivity contribution in [3.8, 4) is 17.3 Å². The maximum absolute atomic E-state index is 12.5. The van der Waals surface area contributed by atoms with Crippen LogP contribution in [0, 0.1) is 18.3 Å². The SMILES string of the molecule is Cc1ccc(-c2cc(C#N)nn2NS(=O)(=O)c2ccccc2)cc1. The molecule has 24 heavy (non-hydrogen) atoms. The Bertz CT molecular complexity index is 1000. The number of hydrogen-bond acceptors (Lipinski definition) is 4. The number of aromatic nitrogens is 2. The summed E-state index contributed by atoms with van der Waals surface area (Å²) in [6.07, 6.45) is 0. The van der Waals surface area contributed by atoms with Gasteiger partial charge in [-0.05, 0) is 19.1 Å². The van der Waals surface area contributed by atoms with Crippen LogP contribution in [0.15, 0.2) is 65.6 Å². The molecule has 1 N–H and O–H groups in total. The van der Waals surface area contributed by atoms with Gasteiger partial charge in [-0.25, -0.2) is 0 Å². The van der Waals surface area contributed by atoms with Crippen molar-refractivity contribution in [2.45, 2.75) is 11.8 Å². The lowest BCUT2D eigenvalue weighted by molar-refractivity contribution is 0.592. The Kier molecular flexibility index (Phi) is 4.06. The van der Waals surface area contributed by atoms with E-state index in [1.807, 2.05) is 37.3 Å². The van der Waals surface area contributed by atoms with Gasteiger partial charge in [-0.2, -0.15) is 23.3 Å². The lowest BCUT2D eigenvalue weighted by atomic mass is 10.1. The predicted octanol–water partition coefficient (Wildman–Crippen LogP) is 2.66. The zero-order chi connectivity index (χ0) is 17.2. The van der Waals surface area contributed by atoms with E-state index in [0.717, 1.165) is 15.9 Å². The summed E-state index contributed by atoms with van der Waals surface area (Å²) in [6.45, 7) is 1.96. The Morgan fingerprint density at radius 2 is 1.75 bits per heavy atom. The zero-order valence-corrected chi connectivity index (χ0v) is 13.7. The van der Waals surface area contributed by atoms with E-state index in [0.29, 0.717) is 5.69 Å². The lowest BCUT2D eigenvalue weighted by Crippen LogP contribution is -2.25. The van der Waals surface area contributed by atoms with Gasteiger partial charge in [0.25, 0.3) is 10.0 Å². The third kappa shape index (κ3) is 3.14. The van der Waals surface area contributed by atoms with Crippen LogP contribution >= 0.6 is 0 Å². The van der Waals surface area contributed by atoms with Crippen LogP contribution in [0.3, 0.4) is 0 Å². The molecule has 0 aliphatic rings. The number of nitriles is 1. The van der Waals surface area contributed by atoms with Gasteiger partial charge in [-0.1, -0.05) is 48.0 Å². The molecular formula is C17H14N4O2S. The molecule has 7 heteroatoms. The molecule has 2 aromatic carbocycles.